The fraction of sp³-hybridized carbons (Fsp3) is 0.464. The molecule has 0 unspecified atom stereocenters. The lowest BCUT2D eigenvalue weighted by atomic mass is 9.83. The van der Waals surface area contributed by atoms with Gasteiger partial charge in [-0.2, -0.15) is 0 Å². The summed E-state index contributed by atoms with van der Waals surface area (Å²) in [6.07, 6.45) is 6.53. The molecular weight excluding hydrogens is 396 g/mol. The molecular formula is C28H32N2O2. The van der Waals surface area contributed by atoms with Crippen LogP contribution in [0.15, 0.2) is 54.6 Å². The number of nitrogens with zero attached hydrogens (tertiary/aromatic N) is 2. The molecule has 4 nitrogen and oxygen atoms in total. The third-order valence-corrected chi connectivity index (χ3v) is 8.09. The van der Waals surface area contributed by atoms with Crippen LogP contribution >= 0.6 is 0 Å². The van der Waals surface area contributed by atoms with Gasteiger partial charge in [-0.05, 0) is 53.6 Å². The first kappa shape index (κ1) is 20.0. The number of hydrogen-bond donors (Lipinski definition) is 0. The largest absolute Gasteiger partial charge is 0.462 e. The van der Waals surface area contributed by atoms with Gasteiger partial charge < -0.3 is 9.64 Å². The number of carbonyl (C=O) groups is 1. The van der Waals surface area contributed by atoms with Crippen LogP contribution < -0.4 is 4.90 Å². The number of hydrogen-bond acceptors (Lipinski definition) is 4. The van der Waals surface area contributed by atoms with E-state index in [-0.39, 0.29) is 17.5 Å². The number of ether oxygens (including phenoxy) is 1. The highest BCUT2D eigenvalue weighted by atomic mass is 16.6. The number of anilines is 1. The molecule has 1 saturated carbocycles. The fourth-order valence-electron chi connectivity index (χ4n) is 6.22. The van der Waals surface area contributed by atoms with Crippen molar-refractivity contribution in [3.8, 4) is 0 Å². The maximum absolute atomic E-state index is 12.4. The van der Waals surface area contributed by atoms with Gasteiger partial charge in [-0.1, -0.05) is 49.2 Å². The molecule has 0 amide bonds. The molecule has 1 aliphatic carbocycles. The molecule has 0 N–H and O–H groups in total. The van der Waals surface area contributed by atoms with Crippen LogP contribution in [0.25, 0.3) is 21.5 Å². The first-order valence-electron chi connectivity index (χ1n) is 12.3. The van der Waals surface area contributed by atoms with Gasteiger partial charge in [0.15, 0.2) is 0 Å². The lowest BCUT2D eigenvalue weighted by Crippen LogP contribution is -2.47. The van der Waals surface area contributed by atoms with Crippen LogP contribution in [-0.2, 0) is 9.53 Å². The maximum atomic E-state index is 12.4. The number of fused-ring (bicyclic) bond motifs is 2. The predicted molar refractivity (Wildman–Crippen MR) is 130 cm³/mol. The Balaban J connectivity index is 1.10. The van der Waals surface area contributed by atoms with E-state index < -0.39 is 0 Å². The van der Waals surface area contributed by atoms with Gasteiger partial charge >= 0.3 is 5.97 Å². The van der Waals surface area contributed by atoms with Gasteiger partial charge in [0.25, 0.3) is 0 Å². The Labute approximate surface area is 190 Å². The van der Waals surface area contributed by atoms with E-state index in [1.54, 1.807) is 0 Å². The predicted octanol–water partition coefficient (Wildman–Crippen LogP) is 5.38. The Kier molecular flexibility index (Phi) is 5.06. The van der Waals surface area contributed by atoms with Gasteiger partial charge in [0, 0.05) is 50.2 Å². The van der Waals surface area contributed by atoms with Crippen LogP contribution in [0, 0.1) is 5.41 Å². The third-order valence-electron chi connectivity index (χ3n) is 8.09. The lowest BCUT2D eigenvalue weighted by molar-refractivity contribution is -0.148. The molecule has 3 aliphatic rings. The van der Waals surface area contributed by atoms with Crippen LogP contribution in [-0.4, -0.2) is 49.7 Å². The second kappa shape index (κ2) is 8.08. The van der Waals surface area contributed by atoms with Crippen LogP contribution in [0.3, 0.4) is 0 Å². The summed E-state index contributed by atoms with van der Waals surface area (Å²) in [6.45, 7) is 5.24. The minimum Gasteiger partial charge on any atom is -0.462 e. The van der Waals surface area contributed by atoms with Crippen molar-refractivity contribution in [3.63, 3.8) is 0 Å². The van der Waals surface area contributed by atoms with E-state index in [0.717, 1.165) is 58.4 Å². The number of piperazine rings is 1. The lowest BCUT2D eigenvalue weighted by Gasteiger charge is -2.37. The average Bonchev–Trinajstić information content (AvgIpc) is 3.43. The van der Waals surface area contributed by atoms with Gasteiger partial charge in [0.2, 0.25) is 0 Å². The zero-order valence-electron chi connectivity index (χ0n) is 18.8. The normalized spacial score (nSPS) is 23.4. The van der Waals surface area contributed by atoms with Crippen molar-refractivity contribution in [2.45, 2.75) is 44.6 Å². The fourth-order valence-corrected chi connectivity index (χ4v) is 6.22. The Bertz CT molecular complexity index is 1140. The number of cyclic esters (lactones) is 1. The molecule has 3 fully saturated rings. The zero-order valence-corrected chi connectivity index (χ0v) is 18.8. The zero-order chi connectivity index (χ0) is 21.5. The number of benzene rings is 3. The summed E-state index contributed by atoms with van der Waals surface area (Å²) in [5.41, 5.74) is 1.22. The quantitative estimate of drug-likeness (QED) is 0.413. The van der Waals surface area contributed by atoms with Gasteiger partial charge in [-0.25, -0.2) is 0 Å². The Morgan fingerprint density at radius 3 is 2.38 bits per heavy atom. The summed E-state index contributed by atoms with van der Waals surface area (Å²) >= 11 is 0. The standard InChI is InChI=1S/C28H32N2O2/c31-27-28(11-3-4-12-28)20-24(32-27)10-13-29-14-16-30(17-15-29)26-9-5-8-23-18-21-6-1-2-7-22(21)19-25(23)26/h1-2,5-9,18-19,24H,3-4,10-17,20H2/t24-/m0/s1. The summed E-state index contributed by atoms with van der Waals surface area (Å²) in [5, 5.41) is 5.26. The van der Waals surface area contributed by atoms with E-state index in [2.05, 4.69) is 64.4 Å². The van der Waals surface area contributed by atoms with Crippen molar-refractivity contribution in [2.24, 2.45) is 5.41 Å². The minimum atomic E-state index is -0.123. The van der Waals surface area contributed by atoms with E-state index in [1.165, 1.54) is 40.1 Å². The van der Waals surface area contributed by atoms with E-state index >= 15 is 0 Å². The SMILES string of the molecule is O=C1O[C@@H](CCN2CCN(c3cccc4cc5ccccc5cc34)CC2)CC12CCCC2. The van der Waals surface area contributed by atoms with E-state index in [0.29, 0.717) is 0 Å². The van der Waals surface area contributed by atoms with E-state index in [4.69, 9.17) is 4.74 Å². The molecule has 0 bridgehead atoms. The first-order chi connectivity index (χ1) is 15.7. The Hall–Kier alpha value is -2.59. The highest BCUT2D eigenvalue weighted by molar-refractivity contribution is 6.03. The van der Waals surface area contributed by atoms with Crippen LogP contribution in [0.5, 0.6) is 0 Å². The Morgan fingerprint density at radius 2 is 1.59 bits per heavy atom. The number of rotatable bonds is 4. The molecule has 6 rings (SSSR count). The summed E-state index contributed by atoms with van der Waals surface area (Å²) in [6, 6.07) is 20.0. The molecule has 0 aromatic heterocycles. The van der Waals surface area contributed by atoms with E-state index in [1.807, 2.05) is 0 Å². The molecule has 2 saturated heterocycles. The van der Waals surface area contributed by atoms with Crippen LogP contribution in [0.4, 0.5) is 5.69 Å². The molecule has 0 radical (unpaired) electrons. The molecule has 4 heteroatoms. The van der Waals surface area contributed by atoms with Crippen molar-refractivity contribution in [1.82, 2.24) is 4.90 Å². The maximum Gasteiger partial charge on any atom is 0.312 e. The topological polar surface area (TPSA) is 32.8 Å². The third kappa shape index (κ3) is 3.55. The van der Waals surface area contributed by atoms with E-state index in [9.17, 15) is 4.79 Å². The summed E-state index contributed by atoms with van der Waals surface area (Å²) < 4.78 is 5.79. The second-order valence-electron chi connectivity index (χ2n) is 10.0. The summed E-state index contributed by atoms with van der Waals surface area (Å²) in [5.74, 6) is 0.0910. The average molecular weight is 429 g/mol. The summed E-state index contributed by atoms with van der Waals surface area (Å²) in [4.78, 5) is 17.5. The first-order valence-corrected chi connectivity index (χ1v) is 12.3. The van der Waals surface area contributed by atoms with Gasteiger partial charge in [0.05, 0.1) is 5.41 Å². The van der Waals surface area contributed by atoms with Crippen molar-refractivity contribution >= 4 is 33.2 Å². The number of esters is 1. The highest BCUT2D eigenvalue weighted by Crippen LogP contribution is 2.48. The molecule has 2 aliphatic heterocycles. The molecule has 166 valence electrons. The highest BCUT2D eigenvalue weighted by Gasteiger charge is 2.50. The Morgan fingerprint density at radius 1 is 0.875 bits per heavy atom. The smallest absolute Gasteiger partial charge is 0.312 e. The van der Waals surface area contributed by atoms with Crippen LogP contribution in [0.1, 0.15) is 38.5 Å². The minimum absolute atomic E-state index is 0.0910. The van der Waals surface area contributed by atoms with Crippen molar-refractivity contribution in [1.29, 1.82) is 0 Å². The van der Waals surface area contributed by atoms with Gasteiger partial charge in [0.1, 0.15) is 6.10 Å². The van der Waals surface area contributed by atoms with Gasteiger partial charge in [-0.15, -0.1) is 0 Å². The van der Waals surface area contributed by atoms with Crippen molar-refractivity contribution in [2.75, 3.05) is 37.6 Å². The molecule has 3 aromatic carbocycles. The van der Waals surface area contributed by atoms with Crippen molar-refractivity contribution < 1.29 is 9.53 Å². The monoisotopic (exact) mass is 428 g/mol. The van der Waals surface area contributed by atoms with Gasteiger partial charge in [-0.3, -0.25) is 9.69 Å². The van der Waals surface area contributed by atoms with Crippen molar-refractivity contribution in [3.05, 3.63) is 54.6 Å². The molecule has 1 atom stereocenters. The summed E-state index contributed by atoms with van der Waals surface area (Å²) in [7, 11) is 0. The molecule has 3 aromatic rings. The molecule has 32 heavy (non-hydrogen) atoms. The number of carbonyl (C=O) groups excluding carboxylic acids is 1. The second-order valence-corrected chi connectivity index (χ2v) is 10.0. The van der Waals surface area contributed by atoms with Crippen LogP contribution in [0.2, 0.25) is 0 Å². The molecule has 1 spiro atoms. The molecule has 2 heterocycles.